The van der Waals surface area contributed by atoms with Crippen LogP contribution in [0.4, 0.5) is 0 Å². The van der Waals surface area contributed by atoms with Crippen LogP contribution in [-0.4, -0.2) is 13.2 Å². The van der Waals surface area contributed by atoms with Crippen molar-refractivity contribution in [1.82, 2.24) is 5.32 Å². The van der Waals surface area contributed by atoms with Gasteiger partial charge in [-0.25, -0.2) is 0 Å². The Balaban J connectivity index is 2.08. The molecule has 118 valence electrons. The van der Waals surface area contributed by atoms with Gasteiger partial charge in [0.2, 0.25) is 0 Å². The summed E-state index contributed by atoms with van der Waals surface area (Å²) >= 11 is 0. The van der Waals surface area contributed by atoms with Gasteiger partial charge < -0.3 is 10.1 Å². The van der Waals surface area contributed by atoms with Crippen molar-refractivity contribution >= 4 is 0 Å². The van der Waals surface area contributed by atoms with Gasteiger partial charge in [0.05, 0.1) is 6.61 Å². The topological polar surface area (TPSA) is 21.3 Å². The summed E-state index contributed by atoms with van der Waals surface area (Å²) in [6.45, 7) is 6.02. The predicted molar refractivity (Wildman–Crippen MR) is 89.8 cm³/mol. The number of nitrogens with one attached hydrogen (secondary N) is 1. The van der Waals surface area contributed by atoms with E-state index >= 15 is 0 Å². The van der Waals surface area contributed by atoms with Gasteiger partial charge in [-0.05, 0) is 49.9 Å². The monoisotopic (exact) mass is 289 g/mol. The molecule has 2 heteroatoms. The fraction of sp³-hybridized carbons (Fsp3) is 0.684. The molecule has 0 heterocycles. The SMILES string of the molecule is CCNC(c1ccc(OCC)cc1)C1CCCCCCC1. The predicted octanol–water partition coefficient (Wildman–Crippen LogP) is 5.10. The van der Waals surface area contributed by atoms with Crippen LogP contribution in [0.15, 0.2) is 24.3 Å². The summed E-state index contributed by atoms with van der Waals surface area (Å²) < 4.78 is 5.56. The second kappa shape index (κ2) is 9.09. The Bertz CT molecular complexity index is 379. The molecule has 0 saturated heterocycles. The minimum Gasteiger partial charge on any atom is -0.494 e. The maximum atomic E-state index is 5.56. The Morgan fingerprint density at radius 2 is 1.62 bits per heavy atom. The summed E-state index contributed by atoms with van der Waals surface area (Å²) in [5.74, 6) is 1.76. The van der Waals surface area contributed by atoms with E-state index in [0.29, 0.717) is 6.04 Å². The summed E-state index contributed by atoms with van der Waals surface area (Å²) in [5, 5.41) is 3.73. The molecular formula is C19H31NO. The molecule has 1 aliphatic rings. The van der Waals surface area contributed by atoms with E-state index in [-0.39, 0.29) is 0 Å². The van der Waals surface area contributed by atoms with Crippen LogP contribution < -0.4 is 10.1 Å². The second-order valence-corrected chi connectivity index (χ2v) is 6.14. The van der Waals surface area contributed by atoms with Gasteiger partial charge >= 0.3 is 0 Å². The van der Waals surface area contributed by atoms with E-state index in [2.05, 4.69) is 36.5 Å². The number of benzene rings is 1. The highest BCUT2D eigenvalue weighted by Crippen LogP contribution is 2.33. The summed E-state index contributed by atoms with van der Waals surface area (Å²) in [6, 6.07) is 9.23. The fourth-order valence-corrected chi connectivity index (χ4v) is 3.54. The van der Waals surface area contributed by atoms with Crippen LogP contribution in [0.5, 0.6) is 5.75 Å². The maximum Gasteiger partial charge on any atom is 0.119 e. The Hall–Kier alpha value is -1.02. The number of hydrogen-bond acceptors (Lipinski definition) is 2. The molecule has 1 aromatic carbocycles. The molecule has 0 radical (unpaired) electrons. The minimum absolute atomic E-state index is 0.503. The summed E-state index contributed by atoms with van der Waals surface area (Å²) in [7, 11) is 0. The lowest BCUT2D eigenvalue weighted by Crippen LogP contribution is -2.28. The highest BCUT2D eigenvalue weighted by molar-refractivity contribution is 5.29. The van der Waals surface area contributed by atoms with E-state index in [1.165, 1.54) is 50.5 Å². The van der Waals surface area contributed by atoms with Gasteiger partial charge in [-0.3, -0.25) is 0 Å². The molecule has 0 spiro atoms. The van der Waals surface area contributed by atoms with E-state index in [0.717, 1.165) is 24.8 Å². The highest BCUT2D eigenvalue weighted by Gasteiger charge is 2.22. The van der Waals surface area contributed by atoms with Crippen LogP contribution in [0, 0.1) is 5.92 Å². The van der Waals surface area contributed by atoms with E-state index in [9.17, 15) is 0 Å². The maximum absolute atomic E-state index is 5.56. The van der Waals surface area contributed by atoms with Crippen LogP contribution in [0.25, 0.3) is 0 Å². The second-order valence-electron chi connectivity index (χ2n) is 6.14. The molecule has 0 bridgehead atoms. The van der Waals surface area contributed by atoms with Gasteiger partial charge in [0.1, 0.15) is 5.75 Å². The largest absolute Gasteiger partial charge is 0.494 e. The Morgan fingerprint density at radius 1 is 1.00 bits per heavy atom. The average Bonchev–Trinajstić information content (AvgIpc) is 2.47. The molecule has 1 aliphatic carbocycles. The van der Waals surface area contributed by atoms with Crippen molar-refractivity contribution in [3.63, 3.8) is 0 Å². The lowest BCUT2D eigenvalue weighted by Gasteiger charge is -2.30. The standard InChI is InChI=1S/C19H31NO/c1-3-20-19(16-10-8-6-5-7-9-11-16)17-12-14-18(15-13-17)21-4-2/h12-16,19-20H,3-11H2,1-2H3. The summed E-state index contributed by atoms with van der Waals surface area (Å²) in [4.78, 5) is 0. The van der Waals surface area contributed by atoms with E-state index in [1.54, 1.807) is 0 Å². The summed E-state index contributed by atoms with van der Waals surface area (Å²) in [5.41, 5.74) is 1.42. The number of ether oxygens (including phenoxy) is 1. The van der Waals surface area contributed by atoms with Gasteiger partial charge in [0, 0.05) is 6.04 Å². The van der Waals surface area contributed by atoms with Crippen molar-refractivity contribution in [3.8, 4) is 5.75 Å². The van der Waals surface area contributed by atoms with Gasteiger partial charge in [-0.2, -0.15) is 0 Å². The molecule has 1 fully saturated rings. The molecule has 0 aromatic heterocycles. The molecule has 0 amide bonds. The van der Waals surface area contributed by atoms with Crippen molar-refractivity contribution in [1.29, 1.82) is 0 Å². The number of rotatable bonds is 6. The average molecular weight is 289 g/mol. The molecule has 21 heavy (non-hydrogen) atoms. The lowest BCUT2D eigenvalue weighted by molar-refractivity contribution is 0.291. The molecule has 1 N–H and O–H groups in total. The highest BCUT2D eigenvalue weighted by atomic mass is 16.5. The zero-order valence-electron chi connectivity index (χ0n) is 13.7. The minimum atomic E-state index is 0.503. The van der Waals surface area contributed by atoms with Crippen molar-refractivity contribution in [2.75, 3.05) is 13.2 Å². The number of hydrogen-bond donors (Lipinski definition) is 1. The summed E-state index contributed by atoms with van der Waals surface area (Å²) in [6.07, 6.45) is 9.78. The van der Waals surface area contributed by atoms with Crippen LogP contribution in [0.3, 0.4) is 0 Å². The van der Waals surface area contributed by atoms with Gasteiger partial charge in [-0.15, -0.1) is 0 Å². The van der Waals surface area contributed by atoms with Gasteiger partial charge in [0.15, 0.2) is 0 Å². The van der Waals surface area contributed by atoms with Crippen LogP contribution in [0.1, 0.15) is 70.4 Å². The fourth-order valence-electron chi connectivity index (χ4n) is 3.54. The Labute approximate surface area is 130 Å². The zero-order chi connectivity index (χ0) is 14.9. The molecule has 1 unspecified atom stereocenters. The van der Waals surface area contributed by atoms with Crippen molar-refractivity contribution in [2.24, 2.45) is 5.92 Å². The lowest BCUT2D eigenvalue weighted by atomic mass is 9.83. The third kappa shape index (κ3) is 5.03. The normalized spacial score (nSPS) is 18.8. The van der Waals surface area contributed by atoms with E-state index < -0.39 is 0 Å². The molecular weight excluding hydrogens is 258 g/mol. The molecule has 2 rings (SSSR count). The quantitative estimate of drug-likeness (QED) is 0.787. The van der Waals surface area contributed by atoms with Crippen molar-refractivity contribution < 1.29 is 4.74 Å². The third-order valence-corrected chi connectivity index (χ3v) is 4.60. The first-order valence-electron chi connectivity index (χ1n) is 8.81. The van der Waals surface area contributed by atoms with Crippen LogP contribution in [0.2, 0.25) is 0 Å². The zero-order valence-corrected chi connectivity index (χ0v) is 13.7. The molecule has 1 aromatic rings. The third-order valence-electron chi connectivity index (χ3n) is 4.60. The first-order valence-corrected chi connectivity index (χ1v) is 8.81. The van der Waals surface area contributed by atoms with Gasteiger partial charge in [0.25, 0.3) is 0 Å². The van der Waals surface area contributed by atoms with Crippen LogP contribution >= 0.6 is 0 Å². The smallest absolute Gasteiger partial charge is 0.119 e. The van der Waals surface area contributed by atoms with Crippen LogP contribution in [-0.2, 0) is 0 Å². The first-order chi connectivity index (χ1) is 10.3. The van der Waals surface area contributed by atoms with Crippen molar-refractivity contribution in [2.45, 2.75) is 64.8 Å². The Kier molecular flexibility index (Phi) is 7.08. The molecule has 0 aliphatic heterocycles. The van der Waals surface area contributed by atoms with Crippen molar-refractivity contribution in [3.05, 3.63) is 29.8 Å². The molecule has 1 saturated carbocycles. The first kappa shape index (κ1) is 16.4. The van der Waals surface area contributed by atoms with E-state index in [4.69, 9.17) is 4.74 Å². The van der Waals surface area contributed by atoms with Gasteiger partial charge in [-0.1, -0.05) is 51.2 Å². The Morgan fingerprint density at radius 3 is 2.19 bits per heavy atom. The molecule has 2 nitrogen and oxygen atoms in total. The van der Waals surface area contributed by atoms with E-state index in [1.807, 2.05) is 6.92 Å². The molecule has 1 atom stereocenters.